The Morgan fingerprint density at radius 2 is 2.00 bits per heavy atom. The fourth-order valence-corrected chi connectivity index (χ4v) is 3.27. The zero-order valence-corrected chi connectivity index (χ0v) is 14.5. The van der Waals surface area contributed by atoms with Gasteiger partial charge >= 0.3 is 0 Å². The lowest BCUT2D eigenvalue weighted by Crippen LogP contribution is -2.31. The van der Waals surface area contributed by atoms with Gasteiger partial charge < -0.3 is 10.6 Å². The van der Waals surface area contributed by atoms with Crippen molar-refractivity contribution in [1.82, 2.24) is 10.6 Å². The van der Waals surface area contributed by atoms with Crippen molar-refractivity contribution >= 4 is 39.1 Å². The summed E-state index contributed by atoms with van der Waals surface area (Å²) < 4.78 is 0.966. The predicted octanol–water partition coefficient (Wildman–Crippen LogP) is 3.51. The molecule has 1 aromatic carbocycles. The summed E-state index contributed by atoms with van der Waals surface area (Å²) in [6.07, 6.45) is 0.256. The van der Waals surface area contributed by atoms with Crippen molar-refractivity contribution in [2.24, 2.45) is 0 Å². The summed E-state index contributed by atoms with van der Waals surface area (Å²) in [5.41, 5.74) is 1.03. The van der Waals surface area contributed by atoms with Gasteiger partial charge in [0.2, 0.25) is 5.91 Å². The Kier molecular flexibility index (Phi) is 6.15. The normalized spacial score (nSPS) is 11.7. The molecule has 0 saturated carbocycles. The van der Waals surface area contributed by atoms with E-state index in [1.165, 1.54) is 11.3 Å². The zero-order chi connectivity index (χ0) is 15.9. The molecule has 2 N–H and O–H groups in total. The Morgan fingerprint density at radius 1 is 1.23 bits per heavy atom. The summed E-state index contributed by atoms with van der Waals surface area (Å²) in [4.78, 5) is 24.3. The smallest absolute Gasteiger partial charge is 0.261 e. The predicted molar refractivity (Wildman–Crippen MR) is 92.0 cm³/mol. The molecule has 2 rings (SSSR count). The second kappa shape index (κ2) is 8.10. The highest BCUT2D eigenvalue weighted by Crippen LogP contribution is 2.22. The van der Waals surface area contributed by atoms with Gasteiger partial charge in [0.25, 0.3) is 5.91 Å². The summed E-state index contributed by atoms with van der Waals surface area (Å²) >= 11 is 4.86. The van der Waals surface area contributed by atoms with Crippen LogP contribution in [0.1, 0.15) is 34.6 Å². The molecule has 6 heteroatoms. The van der Waals surface area contributed by atoms with Crippen LogP contribution in [0, 0.1) is 0 Å². The second-order valence-electron chi connectivity index (χ2n) is 4.79. The maximum absolute atomic E-state index is 11.9. The first-order valence-electron chi connectivity index (χ1n) is 6.93. The molecule has 4 nitrogen and oxygen atoms in total. The van der Waals surface area contributed by atoms with Crippen LogP contribution in [0.15, 0.2) is 46.3 Å². The van der Waals surface area contributed by atoms with Gasteiger partial charge in [0, 0.05) is 17.4 Å². The van der Waals surface area contributed by atoms with E-state index < -0.39 is 0 Å². The molecular formula is C16H17BrN2O2S. The third kappa shape index (κ3) is 4.68. The number of hydrogen-bond acceptors (Lipinski definition) is 3. The van der Waals surface area contributed by atoms with Crippen LogP contribution < -0.4 is 10.6 Å². The zero-order valence-electron chi connectivity index (χ0n) is 12.1. The van der Waals surface area contributed by atoms with E-state index in [1.807, 2.05) is 42.6 Å². The van der Waals surface area contributed by atoms with Crippen molar-refractivity contribution in [3.05, 3.63) is 56.7 Å². The van der Waals surface area contributed by atoms with Crippen LogP contribution in [0.25, 0.3) is 0 Å². The van der Waals surface area contributed by atoms with E-state index in [4.69, 9.17) is 0 Å². The fourth-order valence-electron chi connectivity index (χ4n) is 2.00. The third-order valence-corrected chi connectivity index (χ3v) is 4.72. The number of halogens is 1. The van der Waals surface area contributed by atoms with Crippen molar-refractivity contribution < 1.29 is 9.59 Å². The topological polar surface area (TPSA) is 58.2 Å². The molecule has 1 aromatic heterocycles. The van der Waals surface area contributed by atoms with Crippen molar-refractivity contribution in [3.8, 4) is 0 Å². The Balaban J connectivity index is 1.76. The Bertz CT molecular complexity index is 643. The summed E-state index contributed by atoms with van der Waals surface area (Å²) in [6, 6.07) is 11.3. The molecule has 0 aliphatic rings. The van der Waals surface area contributed by atoms with Gasteiger partial charge in [-0.05, 0) is 30.0 Å². The van der Waals surface area contributed by atoms with Crippen molar-refractivity contribution in [3.63, 3.8) is 0 Å². The highest BCUT2D eigenvalue weighted by molar-refractivity contribution is 9.10. The largest absolute Gasteiger partial charge is 0.351 e. The average molecular weight is 381 g/mol. The monoisotopic (exact) mass is 380 g/mol. The first-order chi connectivity index (χ1) is 10.6. The molecule has 0 aliphatic heterocycles. The summed E-state index contributed by atoms with van der Waals surface area (Å²) in [7, 11) is 0. The number of benzene rings is 1. The highest BCUT2D eigenvalue weighted by atomic mass is 79.9. The lowest BCUT2D eigenvalue weighted by molar-refractivity contribution is -0.121. The molecule has 0 bridgehead atoms. The van der Waals surface area contributed by atoms with Gasteiger partial charge in [-0.2, -0.15) is 0 Å². The molecule has 2 amide bonds. The number of rotatable bonds is 6. The van der Waals surface area contributed by atoms with Gasteiger partial charge in [0.05, 0.1) is 10.9 Å². The van der Waals surface area contributed by atoms with Crippen LogP contribution in [0.2, 0.25) is 0 Å². The molecule has 0 radical (unpaired) electrons. The van der Waals surface area contributed by atoms with Crippen LogP contribution in [0.5, 0.6) is 0 Å². The Labute approximate surface area is 142 Å². The van der Waals surface area contributed by atoms with Crippen LogP contribution in [-0.4, -0.2) is 18.4 Å². The van der Waals surface area contributed by atoms with E-state index in [0.29, 0.717) is 11.4 Å². The first kappa shape index (κ1) is 16.7. The molecule has 2 aromatic rings. The fraction of sp³-hybridized carbons (Fsp3) is 0.250. The average Bonchev–Trinajstić information content (AvgIpc) is 3.01. The second-order valence-corrected chi connectivity index (χ2v) is 6.60. The van der Waals surface area contributed by atoms with Crippen LogP contribution in [-0.2, 0) is 4.79 Å². The highest BCUT2D eigenvalue weighted by Gasteiger charge is 2.12. The molecule has 0 fully saturated rings. The van der Waals surface area contributed by atoms with E-state index in [2.05, 4.69) is 26.6 Å². The molecule has 116 valence electrons. The van der Waals surface area contributed by atoms with E-state index in [9.17, 15) is 9.59 Å². The molecule has 22 heavy (non-hydrogen) atoms. The standard InChI is InChI=1S/C16H17BrN2O2S/c1-11(12-5-2-3-6-13(12)17)19-15(20)8-9-18-16(21)14-7-4-10-22-14/h2-7,10-11H,8-9H2,1H3,(H,18,21)(H,19,20)/t11-/m0/s1. The van der Waals surface area contributed by atoms with Crippen molar-refractivity contribution in [2.75, 3.05) is 6.54 Å². The first-order valence-corrected chi connectivity index (χ1v) is 8.60. The molecule has 1 heterocycles. The van der Waals surface area contributed by atoms with Gasteiger partial charge in [-0.1, -0.05) is 40.2 Å². The number of hydrogen-bond donors (Lipinski definition) is 2. The van der Waals surface area contributed by atoms with E-state index in [-0.39, 0.29) is 24.3 Å². The number of thiophene rings is 1. The number of amides is 2. The molecular weight excluding hydrogens is 364 g/mol. The molecule has 0 spiro atoms. The van der Waals surface area contributed by atoms with Gasteiger partial charge in [-0.15, -0.1) is 11.3 Å². The van der Waals surface area contributed by atoms with E-state index in [0.717, 1.165) is 10.0 Å². The Hall–Kier alpha value is -1.66. The van der Waals surface area contributed by atoms with E-state index in [1.54, 1.807) is 6.07 Å². The van der Waals surface area contributed by atoms with Crippen LogP contribution in [0.3, 0.4) is 0 Å². The van der Waals surface area contributed by atoms with Gasteiger partial charge in [0.1, 0.15) is 0 Å². The third-order valence-electron chi connectivity index (χ3n) is 3.13. The SMILES string of the molecule is C[C@H](NC(=O)CCNC(=O)c1cccs1)c1ccccc1Br. The molecule has 1 atom stereocenters. The number of nitrogens with one attached hydrogen (secondary N) is 2. The molecule has 0 aliphatic carbocycles. The minimum absolute atomic E-state index is 0.0870. The maximum Gasteiger partial charge on any atom is 0.261 e. The summed E-state index contributed by atoms with van der Waals surface area (Å²) in [5.74, 6) is -0.226. The van der Waals surface area contributed by atoms with E-state index >= 15 is 0 Å². The molecule has 0 unspecified atom stereocenters. The summed E-state index contributed by atoms with van der Waals surface area (Å²) in [6.45, 7) is 2.26. The quantitative estimate of drug-likeness (QED) is 0.805. The van der Waals surface area contributed by atoms with Gasteiger partial charge in [0.15, 0.2) is 0 Å². The van der Waals surface area contributed by atoms with Crippen LogP contribution >= 0.6 is 27.3 Å². The van der Waals surface area contributed by atoms with Gasteiger partial charge in [-0.25, -0.2) is 0 Å². The lowest BCUT2D eigenvalue weighted by atomic mass is 10.1. The van der Waals surface area contributed by atoms with Crippen molar-refractivity contribution in [2.45, 2.75) is 19.4 Å². The lowest BCUT2D eigenvalue weighted by Gasteiger charge is -2.16. The minimum atomic E-state index is -0.137. The Morgan fingerprint density at radius 3 is 2.68 bits per heavy atom. The van der Waals surface area contributed by atoms with Gasteiger partial charge in [-0.3, -0.25) is 9.59 Å². The maximum atomic E-state index is 11.9. The number of carbonyl (C=O) groups excluding carboxylic acids is 2. The summed E-state index contributed by atoms with van der Waals surface area (Å²) in [5, 5.41) is 7.52. The van der Waals surface area contributed by atoms with Crippen LogP contribution in [0.4, 0.5) is 0 Å². The number of carbonyl (C=O) groups is 2. The van der Waals surface area contributed by atoms with Crippen molar-refractivity contribution in [1.29, 1.82) is 0 Å². The molecule has 0 saturated heterocycles. The minimum Gasteiger partial charge on any atom is -0.351 e.